The van der Waals surface area contributed by atoms with E-state index in [-0.39, 0.29) is 0 Å². The van der Waals surface area contributed by atoms with Gasteiger partial charge in [0.2, 0.25) is 0 Å². The maximum Gasteiger partial charge on any atom is 0.137 e. The summed E-state index contributed by atoms with van der Waals surface area (Å²) in [4.78, 5) is 0. The van der Waals surface area contributed by atoms with Crippen LogP contribution in [0.4, 0.5) is 0 Å². The van der Waals surface area contributed by atoms with Crippen molar-refractivity contribution in [2.45, 2.75) is 12.8 Å². The van der Waals surface area contributed by atoms with Crippen LogP contribution in [0, 0.1) is 0 Å². The van der Waals surface area contributed by atoms with Crippen molar-refractivity contribution in [3.05, 3.63) is 30.0 Å². The van der Waals surface area contributed by atoms with Gasteiger partial charge in [0.05, 0.1) is 13.4 Å². The van der Waals surface area contributed by atoms with Crippen LogP contribution in [-0.4, -0.2) is 13.7 Å². The van der Waals surface area contributed by atoms with Crippen molar-refractivity contribution in [3.8, 4) is 5.75 Å². The lowest BCUT2D eigenvalue weighted by Crippen LogP contribution is -2.08. The molecule has 0 spiro atoms. The number of benzene rings is 1. The number of hydrogen-bond acceptors (Lipinski definition) is 3. The number of rotatable bonds is 3. The first-order valence-electron chi connectivity index (χ1n) is 5.01. The topological polar surface area (TPSA) is 48.4 Å². The van der Waals surface area contributed by atoms with E-state index < -0.39 is 0 Å². The zero-order chi connectivity index (χ0) is 10.8. The summed E-state index contributed by atoms with van der Waals surface area (Å²) in [6, 6.07) is 5.84. The largest absolute Gasteiger partial charge is 0.497 e. The highest BCUT2D eigenvalue weighted by Gasteiger charge is 2.11. The van der Waals surface area contributed by atoms with Crippen molar-refractivity contribution in [1.29, 1.82) is 0 Å². The Morgan fingerprint density at radius 3 is 2.93 bits per heavy atom. The van der Waals surface area contributed by atoms with Crippen LogP contribution in [0.1, 0.15) is 18.4 Å². The summed E-state index contributed by atoms with van der Waals surface area (Å²) in [6.07, 6.45) is 1.78. The lowest BCUT2D eigenvalue weighted by atomic mass is 10.0. The Balaban J connectivity index is 2.52. The molecule has 3 nitrogen and oxygen atoms in total. The summed E-state index contributed by atoms with van der Waals surface area (Å²) in [5, 5.41) is 1.12. The number of furan rings is 1. The highest BCUT2D eigenvalue weighted by Crippen LogP contribution is 2.29. The molecule has 1 aromatic carbocycles. The van der Waals surface area contributed by atoms with Gasteiger partial charge in [-0.15, -0.1) is 0 Å². The Bertz CT molecular complexity index is 462. The molecule has 1 heterocycles. The molecule has 0 aliphatic rings. The first-order chi connectivity index (χ1) is 7.26. The van der Waals surface area contributed by atoms with E-state index in [0.717, 1.165) is 22.3 Å². The quantitative estimate of drug-likeness (QED) is 0.837. The molecule has 0 radical (unpaired) electrons. The van der Waals surface area contributed by atoms with Crippen LogP contribution in [0.25, 0.3) is 11.0 Å². The summed E-state index contributed by atoms with van der Waals surface area (Å²) in [6.45, 7) is 2.72. The second-order valence-corrected chi connectivity index (χ2v) is 3.69. The van der Waals surface area contributed by atoms with Gasteiger partial charge in [-0.3, -0.25) is 0 Å². The fraction of sp³-hybridized carbons (Fsp3) is 0.333. The van der Waals surface area contributed by atoms with E-state index in [2.05, 4.69) is 6.92 Å². The van der Waals surface area contributed by atoms with Crippen LogP contribution in [0.5, 0.6) is 5.75 Å². The van der Waals surface area contributed by atoms with Crippen LogP contribution >= 0.6 is 0 Å². The molecule has 2 N–H and O–H groups in total. The van der Waals surface area contributed by atoms with E-state index in [1.807, 2.05) is 18.2 Å². The van der Waals surface area contributed by atoms with Crippen LogP contribution in [0.3, 0.4) is 0 Å². The van der Waals surface area contributed by atoms with Gasteiger partial charge in [-0.05, 0) is 24.6 Å². The van der Waals surface area contributed by atoms with Crippen molar-refractivity contribution < 1.29 is 9.15 Å². The molecule has 0 aliphatic heterocycles. The lowest BCUT2D eigenvalue weighted by molar-refractivity contribution is 0.414. The minimum atomic E-state index is 0.319. The zero-order valence-electron chi connectivity index (χ0n) is 8.99. The van der Waals surface area contributed by atoms with Gasteiger partial charge in [-0.1, -0.05) is 6.92 Å². The third-order valence-corrected chi connectivity index (χ3v) is 2.70. The summed E-state index contributed by atoms with van der Waals surface area (Å²) in [5.74, 6) is 1.13. The van der Waals surface area contributed by atoms with Gasteiger partial charge < -0.3 is 14.9 Å². The predicted molar refractivity (Wildman–Crippen MR) is 60.2 cm³/mol. The van der Waals surface area contributed by atoms with E-state index in [9.17, 15) is 0 Å². The molecule has 3 heteroatoms. The van der Waals surface area contributed by atoms with Gasteiger partial charge in [0.25, 0.3) is 0 Å². The highest BCUT2D eigenvalue weighted by molar-refractivity contribution is 5.82. The van der Waals surface area contributed by atoms with Crippen LogP contribution in [-0.2, 0) is 0 Å². The standard InChI is InChI=1S/C12H15NO2/c1-8(6-13)11-7-15-12-5-9(14-2)3-4-10(11)12/h3-5,7-8H,6,13H2,1-2H3. The maximum absolute atomic E-state index is 5.64. The zero-order valence-corrected chi connectivity index (χ0v) is 8.99. The summed E-state index contributed by atoms with van der Waals surface area (Å²) < 4.78 is 10.6. The molecule has 0 bridgehead atoms. The highest BCUT2D eigenvalue weighted by atomic mass is 16.5. The smallest absolute Gasteiger partial charge is 0.137 e. The second-order valence-electron chi connectivity index (χ2n) is 3.69. The Morgan fingerprint density at radius 1 is 1.47 bits per heavy atom. The average Bonchev–Trinajstić information content (AvgIpc) is 2.70. The molecule has 15 heavy (non-hydrogen) atoms. The third kappa shape index (κ3) is 1.70. The molecule has 0 aliphatic carbocycles. The number of methoxy groups -OCH3 is 1. The summed E-state index contributed by atoms with van der Waals surface area (Å²) in [5.41, 5.74) is 7.66. The van der Waals surface area contributed by atoms with Crippen molar-refractivity contribution in [3.63, 3.8) is 0 Å². The van der Waals surface area contributed by atoms with Crippen LogP contribution < -0.4 is 10.5 Å². The molecule has 1 atom stereocenters. The molecular weight excluding hydrogens is 190 g/mol. The first kappa shape index (κ1) is 10.1. The van der Waals surface area contributed by atoms with Crippen LogP contribution in [0.2, 0.25) is 0 Å². The van der Waals surface area contributed by atoms with Crippen molar-refractivity contribution in [1.82, 2.24) is 0 Å². The molecule has 2 aromatic rings. The van der Waals surface area contributed by atoms with E-state index in [4.69, 9.17) is 14.9 Å². The lowest BCUT2D eigenvalue weighted by Gasteiger charge is -2.05. The van der Waals surface area contributed by atoms with Gasteiger partial charge in [0, 0.05) is 17.0 Å². The minimum absolute atomic E-state index is 0.319. The van der Waals surface area contributed by atoms with E-state index >= 15 is 0 Å². The molecule has 0 fully saturated rings. The Morgan fingerprint density at radius 2 is 2.27 bits per heavy atom. The van der Waals surface area contributed by atoms with Crippen molar-refractivity contribution in [2.24, 2.45) is 5.73 Å². The Hall–Kier alpha value is -1.48. The molecule has 0 saturated heterocycles. The predicted octanol–water partition coefficient (Wildman–Crippen LogP) is 2.50. The number of hydrogen-bond donors (Lipinski definition) is 1. The number of ether oxygens (including phenoxy) is 1. The third-order valence-electron chi connectivity index (χ3n) is 2.70. The monoisotopic (exact) mass is 205 g/mol. The van der Waals surface area contributed by atoms with Gasteiger partial charge in [-0.25, -0.2) is 0 Å². The fourth-order valence-electron chi connectivity index (χ4n) is 1.66. The maximum atomic E-state index is 5.64. The molecule has 1 unspecified atom stereocenters. The molecule has 2 rings (SSSR count). The van der Waals surface area contributed by atoms with Crippen molar-refractivity contribution >= 4 is 11.0 Å². The molecule has 0 amide bonds. The number of fused-ring (bicyclic) bond motifs is 1. The Kier molecular flexibility index (Phi) is 2.64. The fourth-order valence-corrected chi connectivity index (χ4v) is 1.66. The molecule has 80 valence electrons. The molecule has 0 saturated carbocycles. The van der Waals surface area contributed by atoms with Crippen LogP contribution in [0.15, 0.2) is 28.9 Å². The van der Waals surface area contributed by atoms with E-state index in [0.29, 0.717) is 12.5 Å². The van der Waals surface area contributed by atoms with E-state index in [1.54, 1.807) is 13.4 Å². The summed E-state index contributed by atoms with van der Waals surface area (Å²) >= 11 is 0. The van der Waals surface area contributed by atoms with E-state index in [1.165, 1.54) is 0 Å². The average molecular weight is 205 g/mol. The minimum Gasteiger partial charge on any atom is -0.497 e. The summed E-state index contributed by atoms with van der Waals surface area (Å²) in [7, 11) is 1.65. The van der Waals surface area contributed by atoms with Gasteiger partial charge >= 0.3 is 0 Å². The normalized spacial score (nSPS) is 13.0. The van der Waals surface area contributed by atoms with Crippen molar-refractivity contribution in [2.75, 3.05) is 13.7 Å². The second kappa shape index (κ2) is 3.95. The SMILES string of the molecule is COc1ccc2c(C(C)CN)coc2c1. The van der Waals surface area contributed by atoms with Gasteiger partial charge in [0.1, 0.15) is 11.3 Å². The number of nitrogens with two attached hydrogens (primary N) is 1. The van der Waals surface area contributed by atoms with Gasteiger partial charge in [0.15, 0.2) is 0 Å². The Labute approximate surface area is 88.8 Å². The van der Waals surface area contributed by atoms with Gasteiger partial charge in [-0.2, -0.15) is 0 Å². The molecule has 1 aromatic heterocycles. The first-order valence-corrected chi connectivity index (χ1v) is 5.01. The molecular formula is C12H15NO2.